The van der Waals surface area contributed by atoms with Crippen LogP contribution in [0.3, 0.4) is 0 Å². The SMILES string of the molecule is CC(C)N(CC(=O)O)C(=O)c1ccc2c(c1)NC(=O)C2. The average Bonchev–Trinajstić information content (AvgIpc) is 2.73. The van der Waals surface area contributed by atoms with E-state index in [0.717, 1.165) is 5.56 Å². The van der Waals surface area contributed by atoms with Gasteiger partial charge in [0.25, 0.3) is 5.91 Å². The molecule has 1 aromatic rings. The van der Waals surface area contributed by atoms with E-state index < -0.39 is 5.97 Å². The molecule has 0 atom stereocenters. The Morgan fingerprint density at radius 3 is 2.70 bits per heavy atom. The monoisotopic (exact) mass is 276 g/mol. The molecule has 0 bridgehead atoms. The van der Waals surface area contributed by atoms with Crippen LogP contribution in [-0.2, 0) is 16.0 Å². The van der Waals surface area contributed by atoms with E-state index >= 15 is 0 Å². The minimum Gasteiger partial charge on any atom is -0.480 e. The lowest BCUT2D eigenvalue weighted by Gasteiger charge is -2.25. The number of hydrogen-bond donors (Lipinski definition) is 2. The summed E-state index contributed by atoms with van der Waals surface area (Å²) in [5.74, 6) is -1.51. The lowest BCUT2D eigenvalue weighted by Crippen LogP contribution is -2.40. The number of aliphatic carboxylic acids is 1. The third kappa shape index (κ3) is 2.79. The maximum atomic E-state index is 12.4. The van der Waals surface area contributed by atoms with Crippen molar-refractivity contribution in [3.05, 3.63) is 29.3 Å². The van der Waals surface area contributed by atoms with Gasteiger partial charge in [-0.05, 0) is 31.5 Å². The fourth-order valence-corrected chi connectivity index (χ4v) is 2.15. The van der Waals surface area contributed by atoms with E-state index in [0.29, 0.717) is 17.7 Å². The fraction of sp³-hybridized carbons (Fsp3) is 0.357. The quantitative estimate of drug-likeness (QED) is 0.862. The summed E-state index contributed by atoms with van der Waals surface area (Å²) in [6.45, 7) is 3.17. The first-order chi connectivity index (χ1) is 9.38. The molecular formula is C14H16N2O4. The Hall–Kier alpha value is -2.37. The normalized spacial score (nSPS) is 13.1. The number of benzene rings is 1. The molecule has 0 aliphatic carbocycles. The number of nitrogens with zero attached hydrogens (tertiary/aromatic N) is 1. The van der Waals surface area contributed by atoms with Gasteiger partial charge in [0, 0.05) is 17.3 Å². The van der Waals surface area contributed by atoms with Crippen LogP contribution in [0.15, 0.2) is 18.2 Å². The van der Waals surface area contributed by atoms with Crippen molar-refractivity contribution in [2.75, 3.05) is 11.9 Å². The van der Waals surface area contributed by atoms with Crippen LogP contribution in [0.2, 0.25) is 0 Å². The molecular weight excluding hydrogens is 260 g/mol. The molecule has 0 fully saturated rings. The topological polar surface area (TPSA) is 86.7 Å². The van der Waals surface area contributed by atoms with E-state index in [-0.39, 0.29) is 24.4 Å². The zero-order chi connectivity index (χ0) is 14.9. The van der Waals surface area contributed by atoms with Crippen molar-refractivity contribution in [3.8, 4) is 0 Å². The lowest BCUT2D eigenvalue weighted by atomic mass is 10.1. The Morgan fingerprint density at radius 1 is 1.40 bits per heavy atom. The predicted molar refractivity (Wildman–Crippen MR) is 72.6 cm³/mol. The number of nitrogens with one attached hydrogen (secondary N) is 1. The Bertz CT molecular complexity index is 581. The van der Waals surface area contributed by atoms with E-state index in [1.165, 1.54) is 4.90 Å². The first-order valence-electron chi connectivity index (χ1n) is 6.34. The van der Waals surface area contributed by atoms with Crippen LogP contribution >= 0.6 is 0 Å². The number of anilines is 1. The summed E-state index contributed by atoms with van der Waals surface area (Å²) in [5.41, 5.74) is 1.85. The van der Waals surface area contributed by atoms with Gasteiger partial charge in [-0.2, -0.15) is 0 Å². The summed E-state index contributed by atoms with van der Waals surface area (Å²) in [6.07, 6.45) is 0.312. The summed E-state index contributed by atoms with van der Waals surface area (Å²) in [6, 6.07) is 4.72. The molecule has 6 nitrogen and oxygen atoms in total. The van der Waals surface area contributed by atoms with Gasteiger partial charge in [0.1, 0.15) is 6.54 Å². The van der Waals surface area contributed by atoms with Crippen molar-refractivity contribution < 1.29 is 19.5 Å². The van der Waals surface area contributed by atoms with Crippen LogP contribution in [-0.4, -0.2) is 40.4 Å². The van der Waals surface area contributed by atoms with Crippen molar-refractivity contribution >= 4 is 23.5 Å². The van der Waals surface area contributed by atoms with E-state index in [9.17, 15) is 14.4 Å². The largest absolute Gasteiger partial charge is 0.480 e. The summed E-state index contributed by atoms with van der Waals surface area (Å²) < 4.78 is 0. The molecule has 1 aromatic carbocycles. The minimum absolute atomic E-state index is 0.101. The van der Waals surface area contributed by atoms with E-state index in [2.05, 4.69) is 5.32 Å². The number of rotatable bonds is 4. The van der Waals surface area contributed by atoms with Gasteiger partial charge in [-0.15, -0.1) is 0 Å². The molecule has 0 saturated carbocycles. The van der Waals surface area contributed by atoms with Crippen molar-refractivity contribution in [1.82, 2.24) is 4.90 Å². The van der Waals surface area contributed by atoms with Crippen LogP contribution in [0.25, 0.3) is 0 Å². The van der Waals surface area contributed by atoms with Crippen molar-refractivity contribution in [2.24, 2.45) is 0 Å². The number of fused-ring (bicyclic) bond motifs is 1. The third-order valence-electron chi connectivity index (χ3n) is 3.17. The summed E-state index contributed by atoms with van der Waals surface area (Å²) in [4.78, 5) is 35.7. The molecule has 0 aromatic heterocycles. The Morgan fingerprint density at radius 2 is 2.10 bits per heavy atom. The van der Waals surface area contributed by atoms with Gasteiger partial charge in [0.05, 0.1) is 6.42 Å². The number of carboxylic acid groups (broad SMARTS) is 1. The van der Waals surface area contributed by atoms with Gasteiger partial charge in [-0.25, -0.2) is 0 Å². The molecule has 1 aliphatic heterocycles. The smallest absolute Gasteiger partial charge is 0.323 e. The molecule has 2 rings (SSSR count). The van der Waals surface area contributed by atoms with Crippen LogP contribution in [0.5, 0.6) is 0 Å². The first kappa shape index (κ1) is 14.0. The van der Waals surface area contributed by atoms with Crippen molar-refractivity contribution in [2.45, 2.75) is 26.3 Å². The molecule has 0 saturated heterocycles. The number of hydrogen-bond acceptors (Lipinski definition) is 3. The molecule has 0 radical (unpaired) electrons. The maximum absolute atomic E-state index is 12.4. The number of amides is 2. The van der Waals surface area contributed by atoms with Gasteiger partial charge in [0.2, 0.25) is 5.91 Å². The van der Waals surface area contributed by atoms with Crippen LogP contribution in [0.1, 0.15) is 29.8 Å². The average molecular weight is 276 g/mol. The number of carboxylic acids is 1. The van der Waals surface area contributed by atoms with Gasteiger partial charge in [-0.1, -0.05) is 6.07 Å². The van der Waals surface area contributed by atoms with E-state index in [1.54, 1.807) is 32.0 Å². The van der Waals surface area contributed by atoms with Gasteiger partial charge in [0.15, 0.2) is 0 Å². The first-order valence-corrected chi connectivity index (χ1v) is 6.34. The second-order valence-electron chi connectivity index (χ2n) is 5.02. The number of carbonyl (C=O) groups excluding carboxylic acids is 2. The van der Waals surface area contributed by atoms with Crippen LogP contribution in [0, 0.1) is 0 Å². The minimum atomic E-state index is -1.05. The molecule has 2 amide bonds. The lowest BCUT2D eigenvalue weighted by molar-refractivity contribution is -0.138. The predicted octanol–water partition coefficient (Wildman–Crippen LogP) is 1.12. The van der Waals surface area contributed by atoms with Crippen molar-refractivity contribution in [1.29, 1.82) is 0 Å². The van der Waals surface area contributed by atoms with Crippen molar-refractivity contribution in [3.63, 3.8) is 0 Å². The summed E-state index contributed by atoms with van der Waals surface area (Å²) in [5, 5.41) is 11.5. The molecule has 2 N–H and O–H groups in total. The van der Waals surface area contributed by atoms with Gasteiger partial charge in [-0.3, -0.25) is 14.4 Å². The molecule has 6 heteroatoms. The number of carbonyl (C=O) groups is 3. The highest BCUT2D eigenvalue weighted by Crippen LogP contribution is 2.24. The van der Waals surface area contributed by atoms with Crippen LogP contribution in [0.4, 0.5) is 5.69 Å². The third-order valence-corrected chi connectivity index (χ3v) is 3.17. The fourth-order valence-electron chi connectivity index (χ4n) is 2.15. The van der Waals surface area contributed by atoms with Crippen LogP contribution < -0.4 is 5.32 Å². The molecule has 20 heavy (non-hydrogen) atoms. The highest BCUT2D eigenvalue weighted by molar-refractivity contribution is 6.02. The van der Waals surface area contributed by atoms with Gasteiger partial charge < -0.3 is 15.3 Å². The highest BCUT2D eigenvalue weighted by Gasteiger charge is 2.24. The second kappa shape index (κ2) is 5.32. The molecule has 1 aliphatic rings. The molecule has 106 valence electrons. The summed E-state index contributed by atoms with van der Waals surface area (Å²) >= 11 is 0. The summed E-state index contributed by atoms with van der Waals surface area (Å²) in [7, 11) is 0. The molecule has 1 heterocycles. The van der Waals surface area contributed by atoms with E-state index in [4.69, 9.17) is 5.11 Å². The van der Waals surface area contributed by atoms with E-state index in [1.807, 2.05) is 0 Å². The molecule has 0 spiro atoms. The zero-order valence-electron chi connectivity index (χ0n) is 11.3. The highest BCUT2D eigenvalue weighted by atomic mass is 16.4. The second-order valence-corrected chi connectivity index (χ2v) is 5.02. The molecule has 0 unspecified atom stereocenters. The Kier molecular flexibility index (Phi) is 3.74. The standard InChI is InChI=1S/C14H16N2O4/c1-8(2)16(7-13(18)19)14(20)10-4-3-9-6-12(17)15-11(9)5-10/h3-5,8H,6-7H2,1-2H3,(H,15,17)(H,18,19). The Balaban J connectivity index is 2.26. The maximum Gasteiger partial charge on any atom is 0.323 e. The van der Waals surface area contributed by atoms with Gasteiger partial charge >= 0.3 is 5.97 Å². The zero-order valence-corrected chi connectivity index (χ0v) is 11.3. The Labute approximate surface area is 116 Å².